The van der Waals surface area contributed by atoms with Gasteiger partial charge in [-0.05, 0) is 43.4 Å². The van der Waals surface area contributed by atoms with Gasteiger partial charge in [0.25, 0.3) is 0 Å². The van der Waals surface area contributed by atoms with Gasteiger partial charge < -0.3 is 33.8 Å². The van der Waals surface area contributed by atoms with Crippen LogP contribution in [-0.4, -0.2) is 96.7 Å². The Hall–Kier alpha value is -1.94. The monoisotopic (exact) mass is 1350 g/mol. The molecule has 0 aromatic heterocycles. The molecular formula is C73H142O17P2. The number of unbranched alkanes of at least 4 members (excludes halogenated alkanes) is 39. The van der Waals surface area contributed by atoms with Gasteiger partial charge in [-0.1, -0.05) is 318 Å². The Morgan fingerprint density at radius 1 is 0.293 bits per heavy atom. The SMILES string of the molecule is CCCCCCCCCCC(=O)OC[C@H](COP(=O)(O)OC[C@H](O)COP(=O)(O)OC[C@@H](COC(=O)CCCCCCCCCCCCCCCCC(C)C)OC(=O)CCCCCCCCCCCCCCCCC(C)C)OC(=O)CCCCCCCCCC(C)C. The van der Waals surface area contributed by atoms with Gasteiger partial charge in [0.05, 0.1) is 26.4 Å². The van der Waals surface area contributed by atoms with E-state index in [4.69, 9.17) is 37.0 Å². The van der Waals surface area contributed by atoms with Crippen LogP contribution in [0.15, 0.2) is 0 Å². The number of carbonyl (C=O) groups excluding carboxylic acids is 4. The van der Waals surface area contributed by atoms with E-state index in [1.807, 2.05) is 0 Å². The first kappa shape index (κ1) is 90.1. The van der Waals surface area contributed by atoms with Crippen LogP contribution in [0.3, 0.4) is 0 Å². The van der Waals surface area contributed by atoms with Crippen LogP contribution in [0.5, 0.6) is 0 Å². The maximum Gasteiger partial charge on any atom is 0.472 e. The topological polar surface area (TPSA) is 237 Å². The number of phosphoric ester groups is 2. The van der Waals surface area contributed by atoms with Gasteiger partial charge in [0, 0.05) is 25.7 Å². The molecule has 0 fully saturated rings. The first-order valence-corrected chi connectivity index (χ1v) is 40.8. The molecule has 0 spiro atoms. The lowest BCUT2D eigenvalue weighted by molar-refractivity contribution is -0.161. The van der Waals surface area contributed by atoms with E-state index < -0.39 is 97.5 Å². The average Bonchev–Trinajstić information content (AvgIpc) is 1.68. The predicted molar refractivity (Wildman–Crippen MR) is 372 cm³/mol. The number of esters is 4. The van der Waals surface area contributed by atoms with E-state index in [-0.39, 0.29) is 25.7 Å². The summed E-state index contributed by atoms with van der Waals surface area (Å²) in [6.45, 7) is 11.8. The van der Waals surface area contributed by atoms with Crippen LogP contribution in [0, 0.1) is 17.8 Å². The van der Waals surface area contributed by atoms with Crippen LogP contribution in [0.1, 0.15) is 370 Å². The summed E-state index contributed by atoms with van der Waals surface area (Å²) in [6.07, 6.45) is 48.7. The summed E-state index contributed by atoms with van der Waals surface area (Å²) in [7, 11) is -9.90. The molecule has 0 saturated heterocycles. The van der Waals surface area contributed by atoms with E-state index in [1.54, 1.807) is 0 Å². The van der Waals surface area contributed by atoms with Crippen molar-refractivity contribution in [2.24, 2.45) is 17.8 Å². The lowest BCUT2D eigenvalue weighted by atomic mass is 10.0. The quantitative estimate of drug-likeness (QED) is 0.0222. The van der Waals surface area contributed by atoms with Gasteiger partial charge in [-0.25, -0.2) is 9.13 Å². The number of carbonyl (C=O) groups is 4. The van der Waals surface area contributed by atoms with E-state index in [0.717, 1.165) is 108 Å². The van der Waals surface area contributed by atoms with Gasteiger partial charge in [-0.15, -0.1) is 0 Å². The lowest BCUT2D eigenvalue weighted by Crippen LogP contribution is -2.30. The Labute approximate surface area is 562 Å². The zero-order chi connectivity index (χ0) is 68.0. The standard InChI is InChI=1S/C73H142O17P2/c1-8-9-10-11-12-33-40-47-54-70(75)83-60-69(90-73(78)57-50-43-36-29-32-39-46-53-66(6)7)63-88-92(81,82)86-59-67(74)58-85-91(79,80)87-62-68(89-72(77)56-49-42-35-28-24-20-16-14-18-22-26-31-38-45-52-65(4)5)61-84-71(76)55-48-41-34-27-23-19-15-13-17-21-25-30-37-44-51-64(2)3/h64-69,74H,8-63H2,1-7H3,(H,79,80)(H,81,82)/t67-,68-,69-/m1/s1. The molecule has 0 bridgehead atoms. The lowest BCUT2D eigenvalue weighted by Gasteiger charge is -2.21. The van der Waals surface area contributed by atoms with Gasteiger partial charge in [0.15, 0.2) is 12.2 Å². The van der Waals surface area contributed by atoms with Crippen LogP contribution in [0.4, 0.5) is 0 Å². The number of hydrogen-bond acceptors (Lipinski definition) is 15. The normalized spacial score (nSPS) is 14.1. The van der Waals surface area contributed by atoms with Crippen molar-refractivity contribution in [3.05, 3.63) is 0 Å². The molecule has 17 nitrogen and oxygen atoms in total. The van der Waals surface area contributed by atoms with Crippen molar-refractivity contribution < 1.29 is 80.2 Å². The molecule has 0 aromatic carbocycles. The Balaban J connectivity index is 5.20. The minimum absolute atomic E-state index is 0.103. The number of rotatable bonds is 71. The Morgan fingerprint density at radius 3 is 0.739 bits per heavy atom. The molecule has 0 aliphatic carbocycles. The summed E-state index contributed by atoms with van der Waals surface area (Å²) in [5, 5.41) is 10.6. The third kappa shape index (κ3) is 66.7. The van der Waals surface area contributed by atoms with Gasteiger partial charge in [-0.3, -0.25) is 37.3 Å². The minimum Gasteiger partial charge on any atom is -0.462 e. The summed E-state index contributed by atoms with van der Waals surface area (Å²) in [5.74, 6) is 0.164. The molecule has 2 unspecified atom stereocenters. The first-order chi connectivity index (χ1) is 44.2. The number of phosphoric acid groups is 2. The van der Waals surface area contributed by atoms with Gasteiger partial charge in [0.2, 0.25) is 0 Å². The van der Waals surface area contributed by atoms with Gasteiger partial charge in [0.1, 0.15) is 19.3 Å². The highest BCUT2D eigenvalue weighted by atomic mass is 31.2. The van der Waals surface area contributed by atoms with Crippen LogP contribution >= 0.6 is 15.6 Å². The van der Waals surface area contributed by atoms with Crippen molar-refractivity contribution in [1.29, 1.82) is 0 Å². The number of aliphatic hydroxyl groups excluding tert-OH is 1. The summed E-state index contributed by atoms with van der Waals surface area (Å²) >= 11 is 0. The number of hydrogen-bond donors (Lipinski definition) is 3. The summed E-state index contributed by atoms with van der Waals surface area (Å²) < 4.78 is 68.3. The highest BCUT2D eigenvalue weighted by molar-refractivity contribution is 7.47. The second-order valence-corrected chi connectivity index (χ2v) is 30.7. The van der Waals surface area contributed by atoms with Crippen molar-refractivity contribution in [3.8, 4) is 0 Å². The van der Waals surface area contributed by atoms with Crippen molar-refractivity contribution >= 4 is 39.5 Å². The highest BCUT2D eigenvalue weighted by Gasteiger charge is 2.30. The summed E-state index contributed by atoms with van der Waals surface area (Å²) in [5.41, 5.74) is 0. The molecule has 0 rings (SSSR count). The molecule has 546 valence electrons. The summed E-state index contributed by atoms with van der Waals surface area (Å²) in [6, 6.07) is 0. The smallest absolute Gasteiger partial charge is 0.462 e. The molecule has 0 saturated carbocycles. The maximum absolute atomic E-state index is 13.1. The second-order valence-electron chi connectivity index (χ2n) is 27.8. The molecule has 19 heteroatoms. The largest absolute Gasteiger partial charge is 0.472 e. The van der Waals surface area contributed by atoms with E-state index in [9.17, 15) is 43.2 Å². The Bertz CT molecular complexity index is 1800. The molecule has 0 aliphatic rings. The van der Waals surface area contributed by atoms with E-state index in [2.05, 4.69) is 48.5 Å². The van der Waals surface area contributed by atoms with Gasteiger partial charge >= 0.3 is 39.5 Å². The first-order valence-electron chi connectivity index (χ1n) is 37.8. The molecular weight excluding hydrogens is 1210 g/mol. The maximum atomic E-state index is 13.1. The zero-order valence-corrected chi connectivity index (χ0v) is 61.8. The van der Waals surface area contributed by atoms with E-state index >= 15 is 0 Å². The van der Waals surface area contributed by atoms with E-state index in [1.165, 1.54) is 173 Å². The molecule has 0 aliphatic heterocycles. The molecule has 92 heavy (non-hydrogen) atoms. The fourth-order valence-corrected chi connectivity index (χ4v) is 12.7. The molecule has 0 aromatic rings. The van der Waals surface area contributed by atoms with E-state index in [0.29, 0.717) is 31.6 Å². The highest BCUT2D eigenvalue weighted by Crippen LogP contribution is 2.45. The van der Waals surface area contributed by atoms with Crippen molar-refractivity contribution in [2.75, 3.05) is 39.6 Å². The Kier molecular flexibility index (Phi) is 62.4. The molecule has 5 atom stereocenters. The number of ether oxygens (including phenoxy) is 4. The van der Waals surface area contributed by atoms with Crippen LogP contribution in [0.2, 0.25) is 0 Å². The predicted octanol–water partition coefficient (Wildman–Crippen LogP) is 21.0. The second kappa shape index (κ2) is 63.8. The fraction of sp³-hybridized carbons (Fsp3) is 0.945. The molecule has 0 heterocycles. The fourth-order valence-electron chi connectivity index (χ4n) is 11.1. The van der Waals surface area contributed by atoms with Crippen LogP contribution in [-0.2, 0) is 65.4 Å². The van der Waals surface area contributed by atoms with Crippen LogP contribution < -0.4 is 0 Å². The third-order valence-corrected chi connectivity index (χ3v) is 18.8. The number of aliphatic hydroxyl groups is 1. The minimum atomic E-state index is -4.95. The van der Waals surface area contributed by atoms with Gasteiger partial charge in [-0.2, -0.15) is 0 Å². The zero-order valence-electron chi connectivity index (χ0n) is 60.0. The van der Waals surface area contributed by atoms with Crippen LogP contribution in [0.25, 0.3) is 0 Å². The molecule has 3 N–H and O–H groups in total. The van der Waals surface area contributed by atoms with Crippen molar-refractivity contribution in [1.82, 2.24) is 0 Å². The molecule has 0 amide bonds. The van der Waals surface area contributed by atoms with Crippen molar-refractivity contribution in [3.63, 3.8) is 0 Å². The molecule has 0 radical (unpaired) electrons. The third-order valence-electron chi connectivity index (χ3n) is 16.9. The van der Waals surface area contributed by atoms with Crippen molar-refractivity contribution in [2.45, 2.75) is 388 Å². The average molecular weight is 1350 g/mol. The Morgan fingerprint density at radius 2 is 0.500 bits per heavy atom. The summed E-state index contributed by atoms with van der Waals surface area (Å²) in [4.78, 5) is 72.6.